The monoisotopic (exact) mass is 338 g/mol. The summed E-state index contributed by atoms with van der Waals surface area (Å²) in [5, 5.41) is 4.07. The smallest absolute Gasteiger partial charge is 0.222 e. The van der Waals surface area contributed by atoms with Gasteiger partial charge < -0.3 is 9.88 Å². The second-order valence-electron chi connectivity index (χ2n) is 6.58. The van der Waals surface area contributed by atoms with Crippen LogP contribution in [0.15, 0.2) is 36.9 Å². The predicted octanol–water partition coefficient (Wildman–Crippen LogP) is 2.34. The Bertz CT molecular complexity index is 807. The van der Waals surface area contributed by atoms with Crippen LogP contribution in [0.4, 0.5) is 0 Å². The molecule has 1 aliphatic heterocycles. The summed E-state index contributed by atoms with van der Waals surface area (Å²) < 4.78 is 1.76. The van der Waals surface area contributed by atoms with E-state index < -0.39 is 0 Å². The van der Waals surface area contributed by atoms with Gasteiger partial charge >= 0.3 is 0 Å². The van der Waals surface area contributed by atoms with Crippen LogP contribution in [0.25, 0.3) is 11.0 Å². The Morgan fingerprint density at radius 1 is 1.32 bits per heavy atom. The lowest BCUT2D eigenvalue weighted by Crippen LogP contribution is -2.39. The Kier molecular flexibility index (Phi) is 4.45. The van der Waals surface area contributed by atoms with E-state index in [0.29, 0.717) is 12.3 Å². The molecule has 25 heavy (non-hydrogen) atoms. The fourth-order valence-electron chi connectivity index (χ4n) is 3.49. The van der Waals surface area contributed by atoms with Gasteiger partial charge in [0, 0.05) is 32.0 Å². The van der Waals surface area contributed by atoms with E-state index >= 15 is 0 Å². The van der Waals surface area contributed by atoms with Crippen molar-refractivity contribution in [2.45, 2.75) is 38.1 Å². The number of rotatable bonds is 5. The number of H-pyrrole nitrogens is 1. The molecule has 0 spiro atoms. The van der Waals surface area contributed by atoms with Gasteiger partial charge in [0.2, 0.25) is 5.91 Å². The molecule has 0 bridgehead atoms. The van der Waals surface area contributed by atoms with Gasteiger partial charge in [0.05, 0.1) is 11.0 Å². The third-order valence-corrected chi connectivity index (χ3v) is 4.81. The van der Waals surface area contributed by atoms with Gasteiger partial charge in [0.15, 0.2) is 0 Å². The van der Waals surface area contributed by atoms with Crippen molar-refractivity contribution in [3.8, 4) is 0 Å². The lowest BCUT2D eigenvalue weighted by atomic mass is 9.97. The summed E-state index contributed by atoms with van der Waals surface area (Å²) in [5.74, 6) is 1.52. The van der Waals surface area contributed by atoms with Crippen molar-refractivity contribution in [3.05, 3.63) is 42.7 Å². The fraction of sp³-hybridized carbons (Fsp3) is 0.444. The highest BCUT2D eigenvalue weighted by atomic mass is 16.2. The highest BCUT2D eigenvalue weighted by Crippen LogP contribution is 2.27. The molecular weight excluding hydrogens is 316 g/mol. The minimum atomic E-state index is 0.223. The number of piperidine rings is 1. The molecule has 0 aliphatic carbocycles. The standard InChI is InChI=1S/C18H22N6O/c25-17(8-4-10-24-13-19-12-20-24)23-9-3-5-14(11-23)18-21-15-6-1-2-7-16(15)22-18/h1-2,6-7,12-14H,3-5,8-11H2,(H,21,22). The van der Waals surface area contributed by atoms with Crippen molar-refractivity contribution in [1.82, 2.24) is 29.6 Å². The van der Waals surface area contributed by atoms with E-state index in [1.807, 2.05) is 29.2 Å². The first-order valence-electron chi connectivity index (χ1n) is 8.84. The van der Waals surface area contributed by atoms with Gasteiger partial charge in [-0.2, -0.15) is 5.10 Å². The van der Waals surface area contributed by atoms with E-state index in [1.165, 1.54) is 6.33 Å². The Hall–Kier alpha value is -2.70. The zero-order chi connectivity index (χ0) is 17.1. The van der Waals surface area contributed by atoms with Gasteiger partial charge in [-0.15, -0.1) is 0 Å². The zero-order valence-electron chi connectivity index (χ0n) is 14.1. The normalized spacial score (nSPS) is 17.9. The molecule has 1 aromatic carbocycles. The molecule has 1 fully saturated rings. The van der Waals surface area contributed by atoms with Crippen molar-refractivity contribution >= 4 is 16.9 Å². The minimum absolute atomic E-state index is 0.223. The molecule has 1 unspecified atom stereocenters. The zero-order valence-corrected chi connectivity index (χ0v) is 14.1. The number of aromatic amines is 1. The number of hydrogen-bond donors (Lipinski definition) is 1. The molecule has 3 aromatic rings. The Morgan fingerprint density at radius 3 is 3.08 bits per heavy atom. The Labute approximate surface area is 146 Å². The maximum absolute atomic E-state index is 12.5. The summed E-state index contributed by atoms with van der Waals surface area (Å²) in [5.41, 5.74) is 2.06. The lowest BCUT2D eigenvalue weighted by molar-refractivity contribution is -0.132. The van der Waals surface area contributed by atoms with Crippen molar-refractivity contribution < 1.29 is 4.79 Å². The van der Waals surface area contributed by atoms with E-state index in [4.69, 9.17) is 4.98 Å². The topological polar surface area (TPSA) is 79.7 Å². The molecule has 4 rings (SSSR count). The van der Waals surface area contributed by atoms with Crippen molar-refractivity contribution in [3.63, 3.8) is 0 Å². The third kappa shape index (κ3) is 3.55. The van der Waals surface area contributed by atoms with Crippen LogP contribution >= 0.6 is 0 Å². The first-order chi connectivity index (χ1) is 12.3. The van der Waals surface area contributed by atoms with Crippen LogP contribution in [0, 0.1) is 0 Å². The number of nitrogens with one attached hydrogen (secondary N) is 1. The lowest BCUT2D eigenvalue weighted by Gasteiger charge is -2.32. The summed E-state index contributed by atoms with van der Waals surface area (Å²) in [4.78, 5) is 26.6. The SMILES string of the molecule is O=C(CCCn1cncn1)N1CCCC(c2nc3ccccc3[nH]2)C1. The van der Waals surface area contributed by atoms with E-state index in [2.05, 4.69) is 15.1 Å². The summed E-state index contributed by atoms with van der Waals surface area (Å²) in [6, 6.07) is 8.07. The van der Waals surface area contributed by atoms with E-state index in [0.717, 1.165) is 55.8 Å². The molecule has 130 valence electrons. The van der Waals surface area contributed by atoms with Crippen molar-refractivity contribution in [2.24, 2.45) is 0 Å². The van der Waals surface area contributed by atoms with Gasteiger partial charge in [-0.05, 0) is 31.4 Å². The van der Waals surface area contributed by atoms with Crippen LogP contribution in [0.2, 0.25) is 0 Å². The van der Waals surface area contributed by atoms with Crippen LogP contribution in [-0.2, 0) is 11.3 Å². The molecule has 1 amide bonds. The number of nitrogens with zero attached hydrogens (tertiary/aromatic N) is 5. The van der Waals surface area contributed by atoms with Crippen LogP contribution in [-0.4, -0.2) is 48.6 Å². The molecule has 2 aromatic heterocycles. The average molecular weight is 338 g/mol. The van der Waals surface area contributed by atoms with Crippen LogP contribution in [0.1, 0.15) is 37.4 Å². The largest absolute Gasteiger partial charge is 0.342 e. The fourth-order valence-corrected chi connectivity index (χ4v) is 3.49. The van der Waals surface area contributed by atoms with Crippen LogP contribution < -0.4 is 0 Å². The number of fused-ring (bicyclic) bond motifs is 1. The molecular formula is C18H22N6O. The van der Waals surface area contributed by atoms with Gasteiger partial charge in [-0.25, -0.2) is 9.97 Å². The van der Waals surface area contributed by atoms with E-state index in [-0.39, 0.29) is 5.91 Å². The highest BCUT2D eigenvalue weighted by molar-refractivity contribution is 5.76. The molecule has 7 nitrogen and oxygen atoms in total. The number of aryl methyl sites for hydroxylation is 1. The number of hydrogen-bond acceptors (Lipinski definition) is 4. The Morgan fingerprint density at radius 2 is 2.24 bits per heavy atom. The molecule has 0 saturated carbocycles. The third-order valence-electron chi connectivity index (χ3n) is 4.81. The second kappa shape index (κ2) is 7.04. The number of benzene rings is 1. The number of amides is 1. The Balaban J connectivity index is 1.36. The number of carbonyl (C=O) groups excluding carboxylic acids is 1. The first-order valence-corrected chi connectivity index (χ1v) is 8.84. The number of aromatic nitrogens is 5. The van der Waals surface area contributed by atoms with E-state index in [1.54, 1.807) is 11.0 Å². The molecule has 1 N–H and O–H groups in total. The summed E-state index contributed by atoms with van der Waals surface area (Å²) in [6.45, 7) is 2.33. The molecule has 0 radical (unpaired) electrons. The summed E-state index contributed by atoms with van der Waals surface area (Å²) >= 11 is 0. The molecule has 1 saturated heterocycles. The number of carbonyl (C=O) groups is 1. The quantitative estimate of drug-likeness (QED) is 0.774. The maximum Gasteiger partial charge on any atom is 0.222 e. The average Bonchev–Trinajstić information content (AvgIpc) is 3.31. The highest BCUT2D eigenvalue weighted by Gasteiger charge is 2.26. The van der Waals surface area contributed by atoms with Gasteiger partial charge in [0.1, 0.15) is 18.5 Å². The summed E-state index contributed by atoms with van der Waals surface area (Å²) in [6.07, 6.45) is 6.63. The van der Waals surface area contributed by atoms with Crippen LogP contribution in [0.5, 0.6) is 0 Å². The number of para-hydroxylation sites is 2. The second-order valence-corrected chi connectivity index (χ2v) is 6.58. The number of imidazole rings is 1. The van der Waals surface area contributed by atoms with Gasteiger partial charge in [0.25, 0.3) is 0 Å². The number of likely N-dealkylation sites (tertiary alicyclic amines) is 1. The molecule has 1 aliphatic rings. The minimum Gasteiger partial charge on any atom is -0.342 e. The predicted molar refractivity (Wildman–Crippen MR) is 93.9 cm³/mol. The van der Waals surface area contributed by atoms with E-state index in [9.17, 15) is 4.79 Å². The maximum atomic E-state index is 12.5. The van der Waals surface area contributed by atoms with Gasteiger partial charge in [-0.1, -0.05) is 12.1 Å². The molecule has 1 atom stereocenters. The van der Waals surface area contributed by atoms with Crippen molar-refractivity contribution in [1.29, 1.82) is 0 Å². The first kappa shape index (κ1) is 15.8. The van der Waals surface area contributed by atoms with Crippen LogP contribution in [0.3, 0.4) is 0 Å². The molecule has 7 heteroatoms. The van der Waals surface area contributed by atoms with Gasteiger partial charge in [-0.3, -0.25) is 9.48 Å². The summed E-state index contributed by atoms with van der Waals surface area (Å²) in [7, 11) is 0. The van der Waals surface area contributed by atoms with Crippen molar-refractivity contribution in [2.75, 3.05) is 13.1 Å². The molecule has 3 heterocycles.